The highest BCUT2D eigenvalue weighted by atomic mass is 16.5. The third kappa shape index (κ3) is 3.36. The van der Waals surface area contributed by atoms with Crippen molar-refractivity contribution in [3.05, 3.63) is 11.6 Å². The molecule has 84 valence electrons. The summed E-state index contributed by atoms with van der Waals surface area (Å²) >= 11 is 0. The summed E-state index contributed by atoms with van der Waals surface area (Å²) in [5.74, 6) is -1.17. The number of rotatable bonds is 3. The Morgan fingerprint density at radius 2 is 2.00 bits per heavy atom. The van der Waals surface area contributed by atoms with Gasteiger partial charge in [-0.2, -0.15) is 0 Å². The van der Waals surface area contributed by atoms with Gasteiger partial charge in [-0.3, -0.25) is 4.79 Å². The van der Waals surface area contributed by atoms with Crippen LogP contribution in [0.25, 0.3) is 0 Å². The highest BCUT2D eigenvalue weighted by Crippen LogP contribution is 2.07. The lowest BCUT2D eigenvalue weighted by Crippen LogP contribution is -2.41. The molecule has 0 atom stereocenters. The molecule has 1 aliphatic heterocycles. The zero-order chi connectivity index (χ0) is 11.3. The van der Waals surface area contributed by atoms with E-state index in [0.717, 1.165) is 0 Å². The maximum atomic E-state index is 11.6. The van der Waals surface area contributed by atoms with Crippen LogP contribution in [0.4, 0.5) is 0 Å². The molecule has 0 aliphatic carbocycles. The predicted octanol–water partition coefficient (Wildman–Crippen LogP) is 0.266. The Balaban J connectivity index is 2.50. The average molecular weight is 213 g/mol. The average Bonchev–Trinajstić information content (AvgIpc) is 2.26. The van der Waals surface area contributed by atoms with Crippen LogP contribution in [0.2, 0.25) is 0 Å². The van der Waals surface area contributed by atoms with Crippen LogP contribution >= 0.6 is 0 Å². The van der Waals surface area contributed by atoms with Crippen molar-refractivity contribution in [2.24, 2.45) is 0 Å². The zero-order valence-electron chi connectivity index (χ0n) is 8.73. The number of allylic oxidation sites excluding steroid dienone is 1. The van der Waals surface area contributed by atoms with E-state index >= 15 is 0 Å². The molecule has 0 radical (unpaired) electrons. The van der Waals surface area contributed by atoms with Crippen LogP contribution in [0.5, 0.6) is 0 Å². The first-order valence-corrected chi connectivity index (χ1v) is 4.89. The molecule has 0 aromatic heterocycles. The van der Waals surface area contributed by atoms with Gasteiger partial charge in [0.2, 0.25) is 5.91 Å². The van der Waals surface area contributed by atoms with Crippen molar-refractivity contribution in [3.63, 3.8) is 0 Å². The van der Waals surface area contributed by atoms with Crippen LogP contribution in [-0.2, 0) is 14.3 Å². The minimum atomic E-state index is -1.03. The van der Waals surface area contributed by atoms with E-state index in [1.54, 1.807) is 11.8 Å². The summed E-state index contributed by atoms with van der Waals surface area (Å²) in [6.07, 6.45) is 1.42. The normalized spacial score (nSPS) is 17.7. The van der Waals surface area contributed by atoms with Crippen molar-refractivity contribution in [2.45, 2.75) is 13.3 Å². The van der Waals surface area contributed by atoms with E-state index in [0.29, 0.717) is 26.3 Å². The number of morpholine rings is 1. The van der Waals surface area contributed by atoms with E-state index in [4.69, 9.17) is 9.84 Å². The molecule has 5 heteroatoms. The van der Waals surface area contributed by atoms with Gasteiger partial charge >= 0.3 is 5.97 Å². The fraction of sp³-hybridized carbons (Fsp3) is 0.600. The molecule has 0 spiro atoms. The van der Waals surface area contributed by atoms with Gasteiger partial charge in [-0.1, -0.05) is 6.08 Å². The number of hydrogen-bond donors (Lipinski definition) is 1. The Morgan fingerprint density at radius 3 is 2.47 bits per heavy atom. The first-order chi connectivity index (χ1) is 7.15. The Morgan fingerprint density at radius 1 is 1.40 bits per heavy atom. The van der Waals surface area contributed by atoms with Crippen molar-refractivity contribution in [3.8, 4) is 0 Å². The molecular weight excluding hydrogens is 198 g/mol. The summed E-state index contributed by atoms with van der Waals surface area (Å²) < 4.78 is 5.10. The van der Waals surface area contributed by atoms with E-state index in [-0.39, 0.29) is 17.9 Å². The molecule has 1 aliphatic rings. The summed E-state index contributed by atoms with van der Waals surface area (Å²) in [6.45, 7) is 3.79. The second-order valence-electron chi connectivity index (χ2n) is 3.29. The molecular formula is C10H15NO4. The predicted molar refractivity (Wildman–Crippen MR) is 53.4 cm³/mol. The molecule has 15 heavy (non-hydrogen) atoms. The fourth-order valence-corrected chi connectivity index (χ4v) is 1.39. The maximum absolute atomic E-state index is 11.6. The number of carboxylic acids is 1. The molecule has 1 rings (SSSR count). The molecule has 1 fully saturated rings. The zero-order valence-corrected chi connectivity index (χ0v) is 8.73. The van der Waals surface area contributed by atoms with E-state index < -0.39 is 5.97 Å². The minimum absolute atomic E-state index is 0.0359. The second-order valence-corrected chi connectivity index (χ2v) is 3.29. The minimum Gasteiger partial charge on any atom is -0.478 e. The molecule has 1 saturated heterocycles. The third-order valence-corrected chi connectivity index (χ3v) is 2.33. The lowest BCUT2D eigenvalue weighted by Gasteiger charge is -2.26. The molecule has 0 aromatic carbocycles. The quantitative estimate of drug-likeness (QED) is 0.683. The molecule has 5 nitrogen and oxygen atoms in total. The van der Waals surface area contributed by atoms with Crippen LogP contribution < -0.4 is 0 Å². The van der Waals surface area contributed by atoms with E-state index in [1.807, 2.05) is 0 Å². The smallest absolute Gasteiger partial charge is 0.331 e. The van der Waals surface area contributed by atoms with Gasteiger partial charge in [0.05, 0.1) is 19.6 Å². The SMILES string of the molecule is C/C=C(\CC(=O)N1CCOCC1)C(=O)O. The fourth-order valence-electron chi connectivity index (χ4n) is 1.39. The van der Waals surface area contributed by atoms with Crippen LogP contribution in [0.1, 0.15) is 13.3 Å². The first kappa shape index (κ1) is 11.7. The highest BCUT2D eigenvalue weighted by Gasteiger charge is 2.19. The molecule has 1 N–H and O–H groups in total. The lowest BCUT2D eigenvalue weighted by atomic mass is 10.1. The van der Waals surface area contributed by atoms with Gasteiger partial charge in [0.1, 0.15) is 0 Å². The van der Waals surface area contributed by atoms with Crippen molar-refractivity contribution < 1.29 is 19.4 Å². The molecule has 0 aromatic rings. The van der Waals surface area contributed by atoms with Gasteiger partial charge in [0, 0.05) is 18.7 Å². The number of carboxylic acid groups (broad SMARTS) is 1. The largest absolute Gasteiger partial charge is 0.478 e. The molecule has 1 amide bonds. The Kier molecular flexibility index (Phi) is 4.30. The highest BCUT2D eigenvalue weighted by molar-refractivity contribution is 5.93. The number of hydrogen-bond acceptors (Lipinski definition) is 3. The Hall–Kier alpha value is -1.36. The summed E-state index contributed by atoms with van der Waals surface area (Å²) in [5.41, 5.74) is 0.145. The molecule has 0 saturated carbocycles. The maximum Gasteiger partial charge on any atom is 0.331 e. The number of nitrogens with zero attached hydrogens (tertiary/aromatic N) is 1. The van der Waals surface area contributed by atoms with Gasteiger partial charge in [-0.05, 0) is 6.92 Å². The van der Waals surface area contributed by atoms with Crippen LogP contribution in [0.15, 0.2) is 11.6 Å². The number of amides is 1. The van der Waals surface area contributed by atoms with Crippen LogP contribution in [0, 0.1) is 0 Å². The summed E-state index contributed by atoms with van der Waals surface area (Å²) in [7, 11) is 0. The van der Waals surface area contributed by atoms with Gasteiger partial charge in [-0.15, -0.1) is 0 Å². The van der Waals surface area contributed by atoms with Crippen molar-refractivity contribution in [2.75, 3.05) is 26.3 Å². The van der Waals surface area contributed by atoms with E-state index in [1.165, 1.54) is 6.08 Å². The third-order valence-electron chi connectivity index (χ3n) is 2.33. The summed E-state index contributed by atoms with van der Waals surface area (Å²) in [5, 5.41) is 8.76. The standard InChI is InChI=1S/C10H15NO4/c1-2-8(10(13)14)7-9(12)11-3-5-15-6-4-11/h2H,3-7H2,1H3,(H,13,14)/b8-2+. The van der Waals surface area contributed by atoms with Crippen molar-refractivity contribution in [1.82, 2.24) is 4.90 Å². The number of carbonyl (C=O) groups excluding carboxylic acids is 1. The van der Waals surface area contributed by atoms with Gasteiger partial charge < -0.3 is 14.7 Å². The summed E-state index contributed by atoms with van der Waals surface area (Å²) in [4.78, 5) is 24.0. The second kappa shape index (κ2) is 5.50. The van der Waals surface area contributed by atoms with Gasteiger partial charge in [0.15, 0.2) is 0 Å². The van der Waals surface area contributed by atoms with Gasteiger partial charge in [0.25, 0.3) is 0 Å². The number of carbonyl (C=O) groups is 2. The van der Waals surface area contributed by atoms with Crippen LogP contribution in [0.3, 0.4) is 0 Å². The molecule has 0 unspecified atom stereocenters. The van der Waals surface area contributed by atoms with Crippen LogP contribution in [-0.4, -0.2) is 48.2 Å². The summed E-state index contributed by atoms with van der Waals surface area (Å²) in [6, 6.07) is 0. The molecule has 1 heterocycles. The van der Waals surface area contributed by atoms with Crippen molar-refractivity contribution in [1.29, 1.82) is 0 Å². The number of ether oxygens (including phenoxy) is 1. The van der Waals surface area contributed by atoms with Gasteiger partial charge in [-0.25, -0.2) is 4.79 Å². The lowest BCUT2D eigenvalue weighted by molar-refractivity contribution is -0.138. The topological polar surface area (TPSA) is 66.8 Å². The van der Waals surface area contributed by atoms with Crippen molar-refractivity contribution >= 4 is 11.9 Å². The Labute approximate surface area is 88.3 Å². The monoisotopic (exact) mass is 213 g/mol. The van der Waals surface area contributed by atoms with E-state index in [9.17, 15) is 9.59 Å². The van der Waals surface area contributed by atoms with E-state index in [2.05, 4.69) is 0 Å². The Bertz CT molecular complexity index is 279. The number of aliphatic carboxylic acids is 1. The molecule has 0 bridgehead atoms. The first-order valence-electron chi connectivity index (χ1n) is 4.89.